The normalized spacial score (nSPS) is 10.6. The van der Waals surface area contributed by atoms with Crippen molar-refractivity contribution in [3.63, 3.8) is 0 Å². The van der Waals surface area contributed by atoms with Gasteiger partial charge in [0, 0.05) is 11.0 Å². The summed E-state index contributed by atoms with van der Waals surface area (Å²) in [6.07, 6.45) is 3.45. The highest BCUT2D eigenvalue weighted by Gasteiger charge is 2.13. The lowest BCUT2D eigenvalue weighted by Crippen LogP contribution is -2.24. The van der Waals surface area contributed by atoms with Crippen molar-refractivity contribution in [3.05, 3.63) is 70.2 Å². The standard InChI is InChI=1S/C22H25BrN4O3/c1-3-29-20-9-18(19(23)11-21(20)30-4-2)10-22(28)25-12-16-5-7-17(8-6-16)13-27-15-24-14-26-27/h5-9,11,14-15H,3-4,10,12-13H2,1-2H3,(H,25,28). The van der Waals surface area contributed by atoms with Gasteiger partial charge in [0.25, 0.3) is 0 Å². The summed E-state index contributed by atoms with van der Waals surface area (Å²) < 4.78 is 13.9. The fraction of sp³-hybridized carbons (Fsp3) is 0.318. The molecule has 1 heterocycles. The van der Waals surface area contributed by atoms with E-state index in [1.54, 1.807) is 11.0 Å². The van der Waals surface area contributed by atoms with Crippen LogP contribution in [0.2, 0.25) is 0 Å². The fourth-order valence-corrected chi connectivity index (χ4v) is 3.41. The zero-order valence-electron chi connectivity index (χ0n) is 17.1. The van der Waals surface area contributed by atoms with E-state index in [1.165, 1.54) is 6.33 Å². The van der Waals surface area contributed by atoms with E-state index in [0.717, 1.165) is 21.2 Å². The minimum absolute atomic E-state index is 0.0611. The minimum Gasteiger partial charge on any atom is -0.490 e. The molecule has 0 atom stereocenters. The molecule has 1 amide bonds. The van der Waals surface area contributed by atoms with Crippen LogP contribution in [0, 0.1) is 0 Å². The smallest absolute Gasteiger partial charge is 0.224 e. The number of ether oxygens (including phenoxy) is 2. The number of nitrogens with one attached hydrogen (secondary N) is 1. The van der Waals surface area contributed by atoms with Crippen molar-refractivity contribution in [2.24, 2.45) is 0 Å². The SMILES string of the molecule is CCOc1cc(Br)c(CC(=O)NCc2ccc(Cn3cncn3)cc2)cc1OCC. The highest BCUT2D eigenvalue weighted by Crippen LogP contribution is 2.34. The Hall–Kier alpha value is -2.87. The van der Waals surface area contributed by atoms with Crippen LogP contribution in [0.4, 0.5) is 0 Å². The lowest BCUT2D eigenvalue weighted by molar-refractivity contribution is -0.120. The van der Waals surface area contributed by atoms with Crippen LogP contribution in [0.5, 0.6) is 11.5 Å². The highest BCUT2D eigenvalue weighted by atomic mass is 79.9. The fourth-order valence-electron chi connectivity index (χ4n) is 2.95. The third kappa shape index (κ3) is 6.06. The lowest BCUT2D eigenvalue weighted by atomic mass is 10.1. The van der Waals surface area contributed by atoms with Gasteiger partial charge in [-0.1, -0.05) is 40.2 Å². The number of nitrogens with zero attached hydrogens (tertiary/aromatic N) is 3. The van der Waals surface area contributed by atoms with Gasteiger partial charge in [-0.3, -0.25) is 4.79 Å². The summed E-state index contributed by atoms with van der Waals surface area (Å²) in [4.78, 5) is 16.4. The van der Waals surface area contributed by atoms with Gasteiger partial charge in [-0.2, -0.15) is 5.10 Å². The van der Waals surface area contributed by atoms with Crippen molar-refractivity contribution in [1.82, 2.24) is 20.1 Å². The summed E-state index contributed by atoms with van der Waals surface area (Å²) >= 11 is 3.53. The van der Waals surface area contributed by atoms with Crippen LogP contribution in [-0.2, 0) is 24.3 Å². The predicted octanol–water partition coefficient (Wildman–Crippen LogP) is 3.75. The maximum atomic E-state index is 12.5. The molecule has 158 valence electrons. The quantitative estimate of drug-likeness (QED) is 0.486. The Bertz CT molecular complexity index is 959. The molecule has 30 heavy (non-hydrogen) atoms. The van der Waals surface area contributed by atoms with Gasteiger partial charge in [-0.15, -0.1) is 0 Å². The molecule has 1 aromatic heterocycles. The van der Waals surface area contributed by atoms with Crippen LogP contribution in [0.1, 0.15) is 30.5 Å². The summed E-state index contributed by atoms with van der Waals surface area (Å²) in [6.45, 7) is 6.05. The largest absolute Gasteiger partial charge is 0.490 e. The molecule has 8 heteroatoms. The molecule has 0 aliphatic rings. The topological polar surface area (TPSA) is 78.3 Å². The first-order valence-electron chi connectivity index (χ1n) is 9.84. The van der Waals surface area contributed by atoms with Crippen molar-refractivity contribution in [2.45, 2.75) is 33.4 Å². The molecule has 1 N–H and O–H groups in total. The van der Waals surface area contributed by atoms with Crippen LogP contribution in [0.15, 0.2) is 53.5 Å². The van der Waals surface area contributed by atoms with Gasteiger partial charge in [0.05, 0.1) is 26.2 Å². The van der Waals surface area contributed by atoms with Crippen LogP contribution in [0.3, 0.4) is 0 Å². The number of carbonyl (C=O) groups excluding carboxylic acids is 1. The molecular weight excluding hydrogens is 448 g/mol. The van der Waals surface area contributed by atoms with Crippen LogP contribution < -0.4 is 14.8 Å². The summed E-state index contributed by atoms with van der Waals surface area (Å²) in [5, 5.41) is 7.07. The first kappa shape index (κ1) is 21.8. The van der Waals surface area contributed by atoms with Gasteiger partial charge in [0.2, 0.25) is 5.91 Å². The average molecular weight is 473 g/mol. The Morgan fingerprint density at radius 2 is 1.73 bits per heavy atom. The second kappa shape index (κ2) is 10.8. The zero-order valence-corrected chi connectivity index (χ0v) is 18.7. The number of rotatable bonds is 10. The van der Waals surface area contributed by atoms with E-state index >= 15 is 0 Å². The Balaban J connectivity index is 1.57. The molecule has 0 radical (unpaired) electrons. The van der Waals surface area contributed by atoms with E-state index in [9.17, 15) is 4.79 Å². The number of aromatic nitrogens is 3. The molecular formula is C22H25BrN4O3. The van der Waals surface area contributed by atoms with Gasteiger partial charge in [0.1, 0.15) is 12.7 Å². The van der Waals surface area contributed by atoms with Crippen LogP contribution >= 0.6 is 15.9 Å². The summed E-state index contributed by atoms with van der Waals surface area (Å²) in [5.41, 5.74) is 3.01. The molecule has 0 aliphatic heterocycles. The van der Waals surface area contributed by atoms with E-state index < -0.39 is 0 Å². The summed E-state index contributed by atoms with van der Waals surface area (Å²) in [6, 6.07) is 11.8. The van der Waals surface area contributed by atoms with Crippen molar-refractivity contribution >= 4 is 21.8 Å². The number of halogens is 1. The Morgan fingerprint density at radius 1 is 1.07 bits per heavy atom. The molecule has 3 aromatic rings. The molecule has 0 aliphatic carbocycles. The molecule has 0 fully saturated rings. The molecule has 0 spiro atoms. The first-order valence-corrected chi connectivity index (χ1v) is 10.6. The first-order chi connectivity index (χ1) is 14.6. The lowest BCUT2D eigenvalue weighted by Gasteiger charge is -2.14. The van der Waals surface area contributed by atoms with Crippen LogP contribution in [0.25, 0.3) is 0 Å². The number of hydrogen-bond acceptors (Lipinski definition) is 5. The second-order valence-electron chi connectivity index (χ2n) is 6.62. The third-order valence-electron chi connectivity index (χ3n) is 4.39. The van der Waals surface area contributed by atoms with E-state index in [-0.39, 0.29) is 12.3 Å². The predicted molar refractivity (Wildman–Crippen MR) is 118 cm³/mol. The van der Waals surface area contributed by atoms with Crippen molar-refractivity contribution in [2.75, 3.05) is 13.2 Å². The van der Waals surface area contributed by atoms with Gasteiger partial charge in [-0.25, -0.2) is 9.67 Å². The molecule has 0 bridgehead atoms. The zero-order chi connectivity index (χ0) is 21.3. The Morgan fingerprint density at radius 3 is 2.37 bits per heavy atom. The van der Waals surface area contributed by atoms with Crippen molar-refractivity contribution < 1.29 is 14.3 Å². The maximum Gasteiger partial charge on any atom is 0.224 e. The minimum atomic E-state index is -0.0611. The summed E-state index contributed by atoms with van der Waals surface area (Å²) in [5.74, 6) is 1.25. The second-order valence-corrected chi connectivity index (χ2v) is 7.47. The molecule has 7 nitrogen and oxygen atoms in total. The van der Waals surface area contributed by atoms with Crippen molar-refractivity contribution in [3.8, 4) is 11.5 Å². The van der Waals surface area contributed by atoms with Crippen molar-refractivity contribution in [1.29, 1.82) is 0 Å². The van der Waals surface area contributed by atoms with E-state index in [1.807, 2.05) is 50.2 Å². The molecule has 3 rings (SSSR count). The third-order valence-corrected chi connectivity index (χ3v) is 5.13. The van der Waals surface area contributed by atoms with Gasteiger partial charge in [0.15, 0.2) is 11.5 Å². The molecule has 0 saturated carbocycles. The number of amides is 1. The summed E-state index contributed by atoms with van der Waals surface area (Å²) in [7, 11) is 0. The van der Waals surface area contributed by atoms with Crippen LogP contribution in [-0.4, -0.2) is 33.9 Å². The van der Waals surface area contributed by atoms with Gasteiger partial charge < -0.3 is 14.8 Å². The number of benzene rings is 2. The molecule has 2 aromatic carbocycles. The maximum absolute atomic E-state index is 12.5. The Labute approximate surface area is 184 Å². The molecule has 0 unspecified atom stereocenters. The van der Waals surface area contributed by atoms with E-state index in [2.05, 4.69) is 31.3 Å². The monoisotopic (exact) mass is 472 g/mol. The number of hydrogen-bond donors (Lipinski definition) is 1. The molecule has 0 saturated heterocycles. The van der Waals surface area contributed by atoms with E-state index in [0.29, 0.717) is 37.8 Å². The van der Waals surface area contributed by atoms with E-state index in [4.69, 9.17) is 9.47 Å². The van der Waals surface area contributed by atoms with Gasteiger partial charge >= 0.3 is 0 Å². The highest BCUT2D eigenvalue weighted by molar-refractivity contribution is 9.10. The number of carbonyl (C=O) groups is 1. The average Bonchev–Trinajstić information content (AvgIpc) is 3.24. The van der Waals surface area contributed by atoms with Gasteiger partial charge in [-0.05, 0) is 42.7 Å². The Kier molecular flexibility index (Phi) is 7.84.